The summed E-state index contributed by atoms with van der Waals surface area (Å²) in [5.41, 5.74) is 2.75. The number of hydrogen-bond donors (Lipinski definition) is 4. The van der Waals surface area contributed by atoms with Crippen molar-refractivity contribution in [1.82, 2.24) is 25.9 Å². The minimum absolute atomic E-state index is 0.103. The van der Waals surface area contributed by atoms with Crippen LogP contribution in [-0.2, 0) is 22.6 Å². The molecule has 3 atom stereocenters. The molecule has 2 aromatic heterocycles. The average Bonchev–Trinajstić information content (AvgIpc) is 3.41. The van der Waals surface area contributed by atoms with Crippen molar-refractivity contribution in [2.24, 2.45) is 5.92 Å². The van der Waals surface area contributed by atoms with Crippen molar-refractivity contribution in [1.29, 1.82) is 0 Å². The molecule has 1 saturated heterocycles. The highest BCUT2D eigenvalue weighted by Gasteiger charge is 2.31. The van der Waals surface area contributed by atoms with Gasteiger partial charge >= 0.3 is 0 Å². The second-order valence-electron chi connectivity index (χ2n) is 8.22. The van der Waals surface area contributed by atoms with E-state index in [0.717, 1.165) is 22.2 Å². The van der Waals surface area contributed by atoms with Crippen molar-refractivity contribution in [3.8, 4) is 0 Å². The van der Waals surface area contributed by atoms with E-state index >= 15 is 0 Å². The van der Waals surface area contributed by atoms with Gasteiger partial charge in [-0.3, -0.25) is 14.6 Å². The van der Waals surface area contributed by atoms with Crippen LogP contribution < -0.4 is 16.0 Å². The number of nitrogens with zero attached hydrogens (tertiary/aromatic N) is 1. The summed E-state index contributed by atoms with van der Waals surface area (Å²) in [5.74, 6) is -0.673. The van der Waals surface area contributed by atoms with Crippen LogP contribution in [0.2, 0.25) is 5.02 Å². The molecule has 0 spiro atoms. The monoisotopic (exact) mass is 457 g/mol. The molecule has 1 aliphatic rings. The lowest BCUT2D eigenvalue weighted by atomic mass is 9.96. The van der Waals surface area contributed by atoms with E-state index < -0.39 is 11.9 Å². The van der Waals surface area contributed by atoms with Gasteiger partial charge < -0.3 is 20.9 Å². The van der Waals surface area contributed by atoms with Gasteiger partial charge in [0.25, 0.3) is 0 Å². The first kappa shape index (κ1) is 22.2. The Kier molecular flexibility index (Phi) is 6.72. The Morgan fingerprint density at radius 3 is 2.94 bits per heavy atom. The standard InChI is InChI=1S/C23H25ClFN5O2/c1-13(22(31)28-12-17-9-16-11-26-5-4-20(16)30-17)29-23(32)21-8-15(10-27-21)6-14-2-3-19(25)18(24)7-14/h2-5,7,9,11,13,15,21,27,30H,6,8,10,12H2,1H3,(H,28,31)(H,29,32)/t13-,15?,21?/m0/s1. The fraction of sp³-hybridized carbons (Fsp3) is 0.348. The Hall–Kier alpha value is -2.97. The third-order valence-electron chi connectivity index (χ3n) is 5.73. The minimum atomic E-state index is -0.662. The van der Waals surface area contributed by atoms with Gasteiger partial charge in [-0.1, -0.05) is 17.7 Å². The van der Waals surface area contributed by atoms with Crippen LogP contribution in [0.15, 0.2) is 42.7 Å². The number of aromatic amines is 1. The summed E-state index contributed by atoms with van der Waals surface area (Å²) in [6.45, 7) is 2.66. The molecule has 3 aromatic rings. The van der Waals surface area contributed by atoms with Gasteiger partial charge in [0, 0.05) is 29.0 Å². The number of H-pyrrole nitrogens is 1. The Bertz CT molecular complexity index is 1100. The quantitative estimate of drug-likeness (QED) is 0.438. The molecule has 1 aliphatic heterocycles. The van der Waals surface area contributed by atoms with Crippen molar-refractivity contribution < 1.29 is 14.0 Å². The molecule has 2 unspecified atom stereocenters. The molecular formula is C23H25ClFN5O2. The zero-order valence-corrected chi connectivity index (χ0v) is 18.4. The van der Waals surface area contributed by atoms with Crippen LogP contribution >= 0.6 is 11.6 Å². The van der Waals surface area contributed by atoms with E-state index in [4.69, 9.17) is 11.6 Å². The maximum absolute atomic E-state index is 13.3. The summed E-state index contributed by atoms with van der Waals surface area (Å²) in [6, 6.07) is 7.47. The van der Waals surface area contributed by atoms with E-state index in [1.165, 1.54) is 6.07 Å². The maximum atomic E-state index is 13.3. The van der Waals surface area contributed by atoms with Crippen molar-refractivity contribution in [2.75, 3.05) is 6.54 Å². The van der Waals surface area contributed by atoms with Crippen molar-refractivity contribution in [3.05, 3.63) is 64.8 Å². The minimum Gasteiger partial charge on any atom is -0.357 e. The van der Waals surface area contributed by atoms with Gasteiger partial charge in [-0.05, 0) is 62.1 Å². The van der Waals surface area contributed by atoms with Gasteiger partial charge in [-0.15, -0.1) is 0 Å². The van der Waals surface area contributed by atoms with E-state index in [1.807, 2.05) is 12.1 Å². The van der Waals surface area contributed by atoms with Gasteiger partial charge in [-0.25, -0.2) is 4.39 Å². The first-order valence-electron chi connectivity index (χ1n) is 10.6. The second-order valence-corrected chi connectivity index (χ2v) is 8.63. The van der Waals surface area contributed by atoms with E-state index in [1.54, 1.807) is 31.5 Å². The number of carbonyl (C=O) groups is 2. The van der Waals surface area contributed by atoms with E-state index in [-0.39, 0.29) is 28.8 Å². The molecule has 1 fully saturated rings. The SMILES string of the molecule is C[C@H](NC(=O)C1CC(Cc2ccc(F)c(Cl)c2)CN1)C(=O)NCc1cc2cnccc2[nH]1. The summed E-state index contributed by atoms with van der Waals surface area (Å²) in [4.78, 5) is 32.3. The van der Waals surface area contributed by atoms with Gasteiger partial charge in [0.15, 0.2) is 0 Å². The van der Waals surface area contributed by atoms with Gasteiger partial charge in [0.05, 0.1) is 17.6 Å². The Labute approximate surface area is 190 Å². The van der Waals surface area contributed by atoms with Crippen molar-refractivity contribution >= 4 is 34.3 Å². The second kappa shape index (κ2) is 9.67. The largest absolute Gasteiger partial charge is 0.357 e. The van der Waals surface area contributed by atoms with Gasteiger partial charge in [0.2, 0.25) is 11.8 Å². The number of pyridine rings is 1. The summed E-state index contributed by atoms with van der Waals surface area (Å²) < 4.78 is 13.3. The van der Waals surface area contributed by atoms with Crippen LogP contribution in [-0.4, -0.2) is 40.4 Å². The van der Waals surface area contributed by atoms with Gasteiger partial charge in [0.1, 0.15) is 11.9 Å². The number of halogens is 2. The highest BCUT2D eigenvalue weighted by atomic mass is 35.5. The first-order valence-corrected chi connectivity index (χ1v) is 10.9. The predicted molar refractivity (Wildman–Crippen MR) is 121 cm³/mol. The highest BCUT2D eigenvalue weighted by Crippen LogP contribution is 2.23. The number of nitrogens with one attached hydrogen (secondary N) is 4. The number of benzene rings is 1. The number of amides is 2. The Morgan fingerprint density at radius 1 is 1.31 bits per heavy atom. The number of carbonyl (C=O) groups excluding carboxylic acids is 2. The summed E-state index contributed by atoms with van der Waals surface area (Å²) in [5, 5.41) is 9.91. The number of aromatic nitrogens is 2. The van der Waals surface area contributed by atoms with Crippen LogP contribution in [0.1, 0.15) is 24.6 Å². The number of fused-ring (bicyclic) bond motifs is 1. The fourth-order valence-corrected chi connectivity index (χ4v) is 4.21. The molecule has 4 N–H and O–H groups in total. The molecule has 168 valence electrons. The van der Waals surface area contributed by atoms with E-state index in [2.05, 4.69) is 25.9 Å². The Morgan fingerprint density at radius 2 is 2.16 bits per heavy atom. The lowest BCUT2D eigenvalue weighted by Crippen LogP contribution is -2.49. The normalized spacial score (nSPS) is 19.1. The lowest BCUT2D eigenvalue weighted by Gasteiger charge is -2.17. The summed E-state index contributed by atoms with van der Waals surface area (Å²) >= 11 is 5.85. The van der Waals surface area contributed by atoms with Crippen LogP contribution in [0.4, 0.5) is 4.39 Å². The molecule has 0 bridgehead atoms. The third-order valence-corrected chi connectivity index (χ3v) is 6.02. The summed E-state index contributed by atoms with van der Waals surface area (Å²) in [6.07, 6.45) is 4.80. The van der Waals surface area contributed by atoms with E-state index in [9.17, 15) is 14.0 Å². The zero-order chi connectivity index (χ0) is 22.7. The molecule has 2 amide bonds. The molecular weight excluding hydrogens is 433 g/mol. The smallest absolute Gasteiger partial charge is 0.242 e. The molecule has 1 aromatic carbocycles. The average molecular weight is 458 g/mol. The van der Waals surface area contributed by atoms with Crippen LogP contribution in [0, 0.1) is 11.7 Å². The van der Waals surface area contributed by atoms with E-state index in [0.29, 0.717) is 25.9 Å². The van der Waals surface area contributed by atoms with Crippen molar-refractivity contribution in [2.45, 2.75) is 38.4 Å². The van der Waals surface area contributed by atoms with Crippen LogP contribution in [0.5, 0.6) is 0 Å². The molecule has 0 saturated carbocycles. The zero-order valence-electron chi connectivity index (χ0n) is 17.6. The predicted octanol–water partition coefficient (Wildman–Crippen LogP) is 2.70. The molecule has 0 aliphatic carbocycles. The molecule has 4 rings (SSSR count). The molecule has 32 heavy (non-hydrogen) atoms. The lowest BCUT2D eigenvalue weighted by molar-refractivity contribution is -0.129. The van der Waals surface area contributed by atoms with Crippen LogP contribution in [0.3, 0.4) is 0 Å². The number of hydrogen-bond acceptors (Lipinski definition) is 4. The maximum Gasteiger partial charge on any atom is 0.242 e. The van der Waals surface area contributed by atoms with Gasteiger partial charge in [-0.2, -0.15) is 0 Å². The third kappa shape index (κ3) is 5.26. The van der Waals surface area contributed by atoms with Crippen LogP contribution in [0.25, 0.3) is 10.9 Å². The molecule has 3 heterocycles. The number of rotatable bonds is 7. The highest BCUT2D eigenvalue weighted by molar-refractivity contribution is 6.30. The topological polar surface area (TPSA) is 98.9 Å². The fourth-order valence-electron chi connectivity index (χ4n) is 4.01. The molecule has 7 nitrogen and oxygen atoms in total. The molecule has 9 heteroatoms. The first-order chi connectivity index (χ1) is 15.4. The van der Waals surface area contributed by atoms with Crippen molar-refractivity contribution in [3.63, 3.8) is 0 Å². The Balaban J connectivity index is 1.23. The summed E-state index contributed by atoms with van der Waals surface area (Å²) in [7, 11) is 0. The molecule has 0 radical (unpaired) electrons.